The van der Waals surface area contributed by atoms with Crippen LogP contribution in [0.5, 0.6) is 0 Å². The van der Waals surface area contributed by atoms with Crippen LogP contribution in [-0.4, -0.2) is 35.2 Å². The van der Waals surface area contributed by atoms with Gasteiger partial charge in [0.15, 0.2) is 5.84 Å². The van der Waals surface area contributed by atoms with Crippen molar-refractivity contribution in [1.82, 2.24) is 5.32 Å². The van der Waals surface area contributed by atoms with Gasteiger partial charge >= 0.3 is 0 Å². The van der Waals surface area contributed by atoms with Gasteiger partial charge in [-0.05, 0) is 39.0 Å². The van der Waals surface area contributed by atoms with E-state index in [2.05, 4.69) is 24.3 Å². The lowest BCUT2D eigenvalue weighted by Crippen LogP contribution is -2.54. The minimum absolute atomic E-state index is 0.0493. The smallest absolute Gasteiger partial charge is 0.233 e. The zero-order valence-electron chi connectivity index (χ0n) is 13.6. The number of amidine groups is 1. The van der Waals surface area contributed by atoms with Crippen molar-refractivity contribution in [2.45, 2.75) is 71.4 Å². The fourth-order valence-corrected chi connectivity index (χ4v) is 2.81. The molecule has 21 heavy (non-hydrogen) atoms. The summed E-state index contributed by atoms with van der Waals surface area (Å²) in [5.41, 5.74) is 4.57. The van der Waals surface area contributed by atoms with Crippen molar-refractivity contribution in [1.29, 1.82) is 0 Å². The Morgan fingerprint density at radius 3 is 2.57 bits per heavy atom. The second kappa shape index (κ2) is 7.11. The Morgan fingerprint density at radius 1 is 1.48 bits per heavy atom. The molecule has 0 radical (unpaired) electrons. The minimum Gasteiger partial charge on any atom is -0.409 e. The first-order valence-electron chi connectivity index (χ1n) is 7.80. The van der Waals surface area contributed by atoms with E-state index in [4.69, 9.17) is 15.7 Å². The summed E-state index contributed by atoms with van der Waals surface area (Å²) in [5, 5.41) is 15.0. The third-order valence-corrected chi connectivity index (χ3v) is 5.00. The maximum atomic E-state index is 12.5. The second-order valence-electron chi connectivity index (χ2n) is 6.07. The standard InChI is InChI=1S/C15H29N3O3/c1-5-14(4,12(16)18-20)13(19)17-11-8-9-21-15(6-2,7-3)10-11/h11,20H,5-10H2,1-4H3,(H2,16,18)(H,17,19). The summed E-state index contributed by atoms with van der Waals surface area (Å²) in [4.78, 5) is 12.5. The average molecular weight is 299 g/mol. The van der Waals surface area contributed by atoms with Crippen LogP contribution in [0.15, 0.2) is 5.16 Å². The maximum absolute atomic E-state index is 12.5. The van der Waals surface area contributed by atoms with Gasteiger partial charge in [0.25, 0.3) is 0 Å². The molecule has 1 amide bonds. The van der Waals surface area contributed by atoms with Crippen molar-refractivity contribution >= 4 is 11.7 Å². The summed E-state index contributed by atoms with van der Waals surface area (Å²) >= 11 is 0. The molecule has 6 heteroatoms. The number of hydrogen-bond donors (Lipinski definition) is 3. The van der Waals surface area contributed by atoms with Crippen LogP contribution in [0, 0.1) is 5.41 Å². The Labute approximate surface area is 127 Å². The largest absolute Gasteiger partial charge is 0.409 e. The molecule has 0 spiro atoms. The summed E-state index contributed by atoms with van der Waals surface area (Å²) < 4.78 is 5.92. The van der Waals surface area contributed by atoms with E-state index < -0.39 is 5.41 Å². The fraction of sp³-hybridized carbons (Fsp3) is 0.867. The van der Waals surface area contributed by atoms with Gasteiger partial charge in [-0.2, -0.15) is 0 Å². The number of hydrogen-bond acceptors (Lipinski definition) is 4. The molecule has 0 bridgehead atoms. The van der Waals surface area contributed by atoms with Crippen LogP contribution in [0.3, 0.4) is 0 Å². The van der Waals surface area contributed by atoms with Gasteiger partial charge in [-0.15, -0.1) is 0 Å². The third kappa shape index (κ3) is 3.67. The summed E-state index contributed by atoms with van der Waals surface area (Å²) in [6.07, 6.45) is 3.94. The highest BCUT2D eigenvalue weighted by atomic mass is 16.5. The van der Waals surface area contributed by atoms with E-state index in [1.54, 1.807) is 6.92 Å². The van der Waals surface area contributed by atoms with E-state index in [1.165, 1.54) is 0 Å². The van der Waals surface area contributed by atoms with Crippen molar-refractivity contribution in [3.8, 4) is 0 Å². The number of amides is 1. The van der Waals surface area contributed by atoms with Crippen LogP contribution >= 0.6 is 0 Å². The van der Waals surface area contributed by atoms with Gasteiger partial charge in [-0.1, -0.05) is 25.9 Å². The van der Waals surface area contributed by atoms with E-state index in [9.17, 15) is 4.79 Å². The van der Waals surface area contributed by atoms with Crippen LogP contribution in [0.4, 0.5) is 0 Å². The molecular weight excluding hydrogens is 270 g/mol. The first kappa shape index (κ1) is 17.8. The minimum atomic E-state index is -0.978. The zero-order valence-corrected chi connectivity index (χ0v) is 13.6. The molecule has 1 fully saturated rings. The van der Waals surface area contributed by atoms with E-state index >= 15 is 0 Å². The Hall–Kier alpha value is -1.30. The van der Waals surface area contributed by atoms with Gasteiger partial charge in [-0.25, -0.2) is 0 Å². The van der Waals surface area contributed by atoms with Crippen molar-refractivity contribution in [3.05, 3.63) is 0 Å². The first-order valence-corrected chi connectivity index (χ1v) is 7.80. The van der Waals surface area contributed by atoms with Gasteiger partial charge in [0.2, 0.25) is 5.91 Å². The molecule has 0 aromatic rings. The van der Waals surface area contributed by atoms with Crippen molar-refractivity contribution < 1.29 is 14.7 Å². The van der Waals surface area contributed by atoms with E-state index in [1.807, 2.05) is 6.92 Å². The fourth-order valence-electron chi connectivity index (χ4n) is 2.81. The molecule has 1 aliphatic rings. The molecule has 1 aliphatic heterocycles. The monoisotopic (exact) mass is 299 g/mol. The highest BCUT2D eigenvalue weighted by molar-refractivity contribution is 6.06. The predicted octanol–water partition coefficient (Wildman–Crippen LogP) is 2.00. The van der Waals surface area contributed by atoms with Crippen LogP contribution in [-0.2, 0) is 9.53 Å². The highest BCUT2D eigenvalue weighted by Gasteiger charge is 2.40. The summed E-state index contributed by atoms with van der Waals surface area (Å²) in [5.74, 6) is -0.236. The molecule has 2 atom stereocenters. The predicted molar refractivity (Wildman–Crippen MR) is 82.2 cm³/mol. The van der Waals surface area contributed by atoms with Crippen LogP contribution in [0.25, 0.3) is 0 Å². The quantitative estimate of drug-likeness (QED) is 0.302. The van der Waals surface area contributed by atoms with Crippen LogP contribution < -0.4 is 11.1 Å². The zero-order chi connectivity index (χ0) is 16.1. The molecule has 0 saturated carbocycles. The number of rotatable bonds is 6. The Kier molecular flexibility index (Phi) is 6.01. The topological polar surface area (TPSA) is 96.9 Å². The molecule has 122 valence electrons. The number of nitrogens with zero attached hydrogens (tertiary/aromatic N) is 1. The third-order valence-electron chi connectivity index (χ3n) is 5.00. The number of nitrogens with two attached hydrogens (primary N) is 1. The molecule has 1 heterocycles. The van der Waals surface area contributed by atoms with Gasteiger partial charge in [0.05, 0.1) is 5.60 Å². The molecule has 0 aromatic carbocycles. The van der Waals surface area contributed by atoms with Crippen molar-refractivity contribution in [3.63, 3.8) is 0 Å². The van der Waals surface area contributed by atoms with Gasteiger partial charge in [0.1, 0.15) is 5.41 Å². The lowest BCUT2D eigenvalue weighted by Gasteiger charge is -2.41. The lowest BCUT2D eigenvalue weighted by molar-refractivity contribution is -0.131. The van der Waals surface area contributed by atoms with E-state index in [0.29, 0.717) is 13.0 Å². The number of carbonyl (C=O) groups excluding carboxylic acids is 1. The summed E-state index contributed by atoms with van der Waals surface area (Å²) in [6, 6.07) is 0.0727. The normalized spacial score (nSPS) is 25.1. The summed E-state index contributed by atoms with van der Waals surface area (Å²) in [6.45, 7) is 8.42. The average Bonchev–Trinajstić information content (AvgIpc) is 2.53. The summed E-state index contributed by atoms with van der Waals surface area (Å²) in [7, 11) is 0. The molecule has 1 saturated heterocycles. The Balaban J connectivity index is 2.78. The number of oxime groups is 1. The molecule has 0 aromatic heterocycles. The second-order valence-corrected chi connectivity index (χ2v) is 6.07. The Morgan fingerprint density at radius 2 is 2.10 bits per heavy atom. The first-order chi connectivity index (χ1) is 9.87. The van der Waals surface area contributed by atoms with E-state index in [-0.39, 0.29) is 23.4 Å². The Bertz CT molecular complexity index is 394. The van der Waals surface area contributed by atoms with Crippen molar-refractivity contribution in [2.24, 2.45) is 16.3 Å². The lowest BCUT2D eigenvalue weighted by atomic mass is 9.82. The van der Waals surface area contributed by atoms with Crippen LogP contribution in [0.1, 0.15) is 59.8 Å². The van der Waals surface area contributed by atoms with E-state index in [0.717, 1.165) is 25.7 Å². The highest BCUT2D eigenvalue weighted by Crippen LogP contribution is 2.32. The number of ether oxygens (including phenoxy) is 1. The van der Waals surface area contributed by atoms with Gasteiger partial charge in [-0.3, -0.25) is 4.79 Å². The SMILES string of the molecule is CCC1(CC)CC(NC(=O)C(C)(CC)C(N)=NO)CCO1. The van der Waals surface area contributed by atoms with Crippen molar-refractivity contribution in [2.75, 3.05) is 6.61 Å². The molecule has 0 aliphatic carbocycles. The molecule has 1 rings (SSSR count). The van der Waals surface area contributed by atoms with Gasteiger partial charge < -0.3 is 21.0 Å². The number of carbonyl (C=O) groups is 1. The molecular formula is C15H29N3O3. The maximum Gasteiger partial charge on any atom is 0.233 e. The number of nitrogens with one attached hydrogen (secondary N) is 1. The molecule has 6 nitrogen and oxygen atoms in total. The molecule has 4 N–H and O–H groups in total. The van der Waals surface area contributed by atoms with Gasteiger partial charge in [0, 0.05) is 12.6 Å². The molecule has 2 unspecified atom stereocenters. The van der Waals surface area contributed by atoms with Crippen LogP contribution in [0.2, 0.25) is 0 Å².